The molecule has 142 valence electrons. The predicted octanol–water partition coefficient (Wildman–Crippen LogP) is 5.68. The van der Waals surface area contributed by atoms with Crippen LogP contribution in [0, 0.1) is 6.92 Å². The Balaban J connectivity index is 1.55. The molecule has 1 aliphatic rings. The Bertz CT molecular complexity index is 976. The minimum atomic E-state index is -0.176. The van der Waals surface area contributed by atoms with Crippen LogP contribution in [-0.2, 0) is 0 Å². The number of fused-ring (bicyclic) bond motifs is 1. The average Bonchev–Trinajstić information content (AvgIpc) is 3.37. The minimum absolute atomic E-state index is 0.0295. The molecule has 0 radical (unpaired) electrons. The van der Waals surface area contributed by atoms with E-state index in [0.29, 0.717) is 21.5 Å². The molecule has 3 heterocycles. The lowest BCUT2D eigenvalue weighted by molar-refractivity contribution is 0.0938. The van der Waals surface area contributed by atoms with Crippen LogP contribution in [0.4, 0.5) is 0 Å². The van der Waals surface area contributed by atoms with E-state index in [1.165, 1.54) is 24.2 Å². The molecule has 4 nitrogen and oxygen atoms in total. The first-order valence-electron chi connectivity index (χ1n) is 8.99. The number of carbonyl (C=O) groups excluding carboxylic acids is 1. The van der Waals surface area contributed by atoms with Crippen molar-refractivity contribution in [1.29, 1.82) is 0 Å². The van der Waals surface area contributed by atoms with Gasteiger partial charge in [-0.25, -0.2) is 0 Å². The van der Waals surface area contributed by atoms with Gasteiger partial charge in [-0.3, -0.25) is 9.69 Å². The number of amides is 1. The molecule has 1 aliphatic heterocycles. The van der Waals surface area contributed by atoms with Gasteiger partial charge in [0.25, 0.3) is 5.91 Å². The third kappa shape index (κ3) is 3.74. The van der Waals surface area contributed by atoms with E-state index in [4.69, 9.17) is 27.6 Å². The first-order valence-corrected chi connectivity index (χ1v) is 10.6. The Labute approximate surface area is 172 Å². The van der Waals surface area contributed by atoms with E-state index < -0.39 is 0 Å². The Morgan fingerprint density at radius 1 is 1.26 bits per heavy atom. The highest BCUT2D eigenvalue weighted by Crippen LogP contribution is 2.39. The van der Waals surface area contributed by atoms with Gasteiger partial charge < -0.3 is 9.73 Å². The maximum atomic E-state index is 12.8. The smallest absolute Gasteiger partial charge is 0.263 e. The molecule has 1 fully saturated rings. The summed E-state index contributed by atoms with van der Waals surface area (Å²) in [6.07, 6.45) is 2.34. The zero-order valence-electron chi connectivity index (χ0n) is 14.9. The predicted molar refractivity (Wildman–Crippen MR) is 111 cm³/mol. The van der Waals surface area contributed by atoms with Crippen molar-refractivity contribution < 1.29 is 9.21 Å². The van der Waals surface area contributed by atoms with Crippen LogP contribution in [-0.4, -0.2) is 30.4 Å². The monoisotopic (exact) mass is 422 g/mol. The minimum Gasteiger partial charge on any atom is -0.465 e. The Morgan fingerprint density at radius 2 is 2.04 bits per heavy atom. The van der Waals surface area contributed by atoms with Crippen molar-refractivity contribution in [1.82, 2.24) is 10.2 Å². The van der Waals surface area contributed by atoms with Crippen molar-refractivity contribution in [2.75, 3.05) is 19.6 Å². The third-order valence-electron chi connectivity index (χ3n) is 4.94. The van der Waals surface area contributed by atoms with E-state index in [2.05, 4.69) is 10.2 Å². The number of furan rings is 1. The molecular formula is C20H20Cl2N2O2S. The summed E-state index contributed by atoms with van der Waals surface area (Å²) in [5.41, 5.74) is 0. The average molecular weight is 423 g/mol. The van der Waals surface area contributed by atoms with Crippen LogP contribution in [0.15, 0.2) is 34.7 Å². The molecule has 7 heteroatoms. The molecular weight excluding hydrogens is 403 g/mol. The number of nitrogens with one attached hydrogen (secondary N) is 1. The van der Waals surface area contributed by atoms with Crippen LogP contribution >= 0.6 is 34.5 Å². The van der Waals surface area contributed by atoms with Gasteiger partial charge in [0, 0.05) is 16.6 Å². The fourth-order valence-electron chi connectivity index (χ4n) is 3.58. The van der Waals surface area contributed by atoms with Crippen LogP contribution in [0.3, 0.4) is 0 Å². The van der Waals surface area contributed by atoms with Gasteiger partial charge in [-0.05, 0) is 57.1 Å². The van der Waals surface area contributed by atoms with Gasteiger partial charge >= 0.3 is 0 Å². The number of carbonyl (C=O) groups is 1. The second-order valence-electron chi connectivity index (χ2n) is 6.78. The van der Waals surface area contributed by atoms with Gasteiger partial charge in [-0.1, -0.05) is 29.3 Å². The summed E-state index contributed by atoms with van der Waals surface area (Å²) in [6, 6.07) is 9.56. The largest absolute Gasteiger partial charge is 0.465 e. The summed E-state index contributed by atoms with van der Waals surface area (Å²) in [4.78, 5) is 15.7. The molecule has 1 saturated heterocycles. The van der Waals surface area contributed by atoms with E-state index in [0.717, 1.165) is 34.7 Å². The zero-order valence-corrected chi connectivity index (χ0v) is 17.3. The number of hydrogen-bond acceptors (Lipinski definition) is 4. The fourth-order valence-corrected chi connectivity index (χ4v) is 5.45. The van der Waals surface area contributed by atoms with E-state index >= 15 is 0 Å². The standard InChI is InChI=1S/C20H20Cl2N2O2S/c1-12-7-8-15(26-12)14(24-9-2-3-10-24)11-23-20(25)19-18(22)17-13(21)5-4-6-16(17)27-19/h4-8,14H,2-3,9-11H2,1H3,(H,23,25)/t14-/m0/s1. The van der Waals surface area contributed by atoms with E-state index in [-0.39, 0.29) is 11.9 Å². The molecule has 0 bridgehead atoms. The topological polar surface area (TPSA) is 45.5 Å². The lowest BCUT2D eigenvalue weighted by Gasteiger charge is -2.26. The van der Waals surface area contributed by atoms with Gasteiger partial charge in [-0.15, -0.1) is 11.3 Å². The number of likely N-dealkylation sites (tertiary alicyclic amines) is 1. The van der Waals surface area contributed by atoms with Gasteiger partial charge in [-0.2, -0.15) is 0 Å². The summed E-state index contributed by atoms with van der Waals surface area (Å²) in [7, 11) is 0. The molecule has 0 spiro atoms. The number of benzene rings is 1. The van der Waals surface area contributed by atoms with Crippen molar-refractivity contribution >= 4 is 50.5 Å². The molecule has 1 aromatic carbocycles. The van der Waals surface area contributed by atoms with E-state index in [1.807, 2.05) is 31.2 Å². The van der Waals surface area contributed by atoms with Crippen molar-refractivity contribution in [2.45, 2.75) is 25.8 Å². The van der Waals surface area contributed by atoms with Crippen LogP contribution in [0.25, 0.3) is 10.1 Å². The van der Waals surface area contributed by atoms with Crippen LogP contribution < -0.4 is 5.32 Å². The van der Waals surface area contributed by atoms with Crippen molar-refractivity contribution in [3.05, 3.63) is 56.8 Å². The molecule has 0 saturated carbocycles. The summed E-state index contributed by atoms with van der Waals surface area (Å²) in [6.45, 7) is 4.44. The molecule has 2 aromatic heterocycles. The quantitative estimate of drug-likeness (QED) is 0.575. The van der Waals surface area contributed by atoms with Crippen molar-refractivity contribution in [3.63, 3.8) is 0 Å². The molecule has 1 amide bonds. The molecule has 1 N–H and O–H groups in total. The van der Waals surface area contributed by atoms with E-state index in [1.54, 1.807) is 6.07 Å². The number of nitrogens with zero attached hydrogens (tertiary/aromatic N) is 1. The number of thiophene rings is 1. The Hall–Kier alpha value is -1.53. The second kappa shape index (κ2) is 7.84. The molecule has 27 heavy (non-hydrogen) atoms. The van der Waals surface area contributed by atoms with E-state index in [9.17, 15) is 4.79 Å². The Kier molecular flexibility index (Phi) is 5.46. The van der Waals surface area contributed by atoms with Gasteiger partial charge in [0.15, 0.2) is 0 Å². The second-order valence-corrected chi connectivity index (χ2v) is 8.61. The zero-order chi connectivity index (χ0) is 19.0. The summed E-state index contributed by atoms with van der Waals surface area (Å²) < 4.78 is 6.76. The molecule has 0 unspecified atom stereocenters. The number of rotatable bonds is 5. The van der Waals surface area contributed by atoms with Crippen LogP contribution in [0.2, 0.25) is 10.0 Å². The molecule has 0 aliphatic carbocycles. The number of aryl methyl sites for hydroxylation is 1. The number of halogens is 2. The highest BCUT2D eigenvalue weighted by Gasteiger charge is 2.27. The lowest BCUT2D eigenvalue weighted by atomic mass is 10.2. The summed E-state index contributed by atoms with van der Waals surface area (Å²) in [5.74, 6) is 1.59. The van der Waals surface area contributed by atoms with Crippen LogP contribution in [0.5, 0.6) is 0 Å². The van der Waals surface area contributed by atoms with Crippen molar-refractivity contribution in [2.24, 2.45) is 0 Å². The highest BCUT2D eigenvalue weighted by molar-refractivity contribution is 7.21. The third-order valence-corrected chi connectivity index (χ3v) is 6.90. The van der Waals surface area contributed by atoms with Gasteiger partial charge in [0.1, 0.15) is 16.4 Å². The van der Waals surface area contributed by atoms with Crippen molar-refractivity contribution in [3.8, 4) is 0 Å². The fraction of sp³-hybridized carbons (Fsp3) is 0.350. The summed E-state index contributed by atoms with van der Waals surface area (Å²) >= 11 is 14.1. The van der Waals surface area contributed by atoms with Crippen LogP contribution in [0.1, 0.15) is 40.1 Å². The lowest BCUT2D eigenvalue weighted by Crippen LogP contribution is -2.36. The Morgan fingerprint density at radius 3 is 2.70 bits per heavy atom. The molecule has 4 rings (SSSR count). The molecule has 1 atom stereocenters. The first kappa shape index (κ1) is 18.8. The summed E-state index contributed by atoms with van der Waals surface area (Å²) in [5, 5.41) is 4.78. The number of hydrogen-bond donors (Lipinski definition) is 1. The first-order chi connectivity index (χ1) is 13.0. The maximum absolute atomic E-state index is 12.8. The SMILES string of the molecule is Cc1ccc([C@H](CNC(=O)c2sc3cccc(Cl)c3c2Cl)N2CCCC2)o1. The highest BCUT2D eigenvalue weighted by atomic mass is 35.5. The van der Waals surface area contributed by atoms with Gasteiger partial charge in [0.05, 0.1) is 16.1 Å². The normalized spacial score (nSPS) is 16.1. The molecule has 3 aromatic rings. The maximum Gasteiger partial charge on any atom is 0.263 e. The van der Waals surface area contributed by atoms with Gasteiger partial charge in [0.2, 0.25) is 0 Å².